The van der Waals surface area contributed by atoms with Crippen molar-refractivity contribution in [3.63, 3.8) is 0 Å². The fraction of sp³-hybridized carbons (Fsp3) is 0.214. The van der Waals surface area contributed by atoms with Crippen molar-refractivity contribution in [1.29, 1.82) is 0 Å². The molecule has 0 spiro atoms. The van der Waals surface area contributed by atoms with Crippen LogP contribution in [0.5, 0.6) is 5.75 Å². The second-order valence-electron chi connectivity index (χ2n) is 3.97. The van der Waals surface area contributed by atoms with Crippen LogP contribution in [0.2, 0.25) is 5.02 Å². The first-order valence-electron chi connectivity index (χ1n) is 5.57. The van der Waals surface area contributed by atoms with E-state index in [1.807, 2.05) is 19.1 Å². The van der Waals surface area contributed by atoms with Gasteiger partial charge in [0.15, 0.2) is 0 Å². The topological polar surface area (TPSA) is 42.4 Å². The lowest BCUT2D eigenvalue weighted by Crippen LogP contribution is -2.05. The van der Waals surface area contributed by atoms with E-state index in [1.54, 1.807) is 31.5 Å². The van der Waals surface area contributed by atoms with Crippen molar-refractivity contribution in [1.82, 2.24) is 4.98 Å². The third-order valence-electron chi connectivity index (χ3n) is 2.79. The molecule has 1 N–H and O–H groups in total. The molecule has 94 valence electrons. The number of ether oxygens (including phenoxy) is 1. The molecule has 0 amide bonds. The molecule has 1 aromatic heterocycles. The van der Waals surface area contributed by atoms with E-state index in [9.17, 15) is 5.11 Å². The highest BCUT2D eigenvalue weighted by Gasteiger charge is 2.19. The first-order valence-corrected chi connectivity index (χ1v) is 5.95. The van der Waals surface area contributed by atoms with Crippen molar-refractivity contribution in [2.45, 2.75) is 13.0 Å². The molecule has 2 rings (SSSR count). The first-order chi connectivity index (χ1) is 8.65. The number of rotatable bonds is 3. The lowest BCUT2D eigenvalue weighted by Gasteiger charge is -2.15. The van der Waals surface area contributed by atoms with E-state index < -0.39 is 6.10 Å². The van der Waals surface area contributed by atoms with Crippen molar-refractivity contribution >= 4 is 11.6 Å². The van der Waals surface area contributed by atoms with Crippen molar-refractivity contribution in [3.8, 4) is 5.75 Å². The minimum absolute atomic E-state index is 0.465. The Balaban J connectivity index is 2.48. The normalized spacial score (nSPS) is 12.2. The summed E-state index contributed by atoms with van der Waals surface area (Å²) in [7, 11) is 1.55. The summed E-state index contributed by atoms with van der Waals surface area (Å²) in [6.45, 7) is 1.90. The van der Waals surface area contributed by atoms with Gasteiger partial charge in [0.2, 0.25) is 0 Å². The third-order valence-corrected chi connectivity index (χ3v) is 3.31. The number of hydrogen-bond donors (Lipinski definition) is 1. The summed E-state index contributed by atoms with van der Waals surface area (Å²) in [6, 6.07) is 9.06. The van der Waals surface area contributed by atoms with Crippen LogP contribution in [0.3, 0.4) is 0 Å². The molecule has 1 unspecified atom stereocenters. The molecule has 1 heterocycles. The average Bonchev–Trinajstić information content (AvgIpc) is 2.41. The van der Waals surface area contributed by atoms with Gasteiger partial charge in [-0.3, -0.25) is 4.98 Å². The zero-order valence-corrected chi connectivity index (χ0v) is 11.0. The summed E-state index contributed by atoms with van der Waals surface area (Å²) >= 11 is 6.20. The van der Waals surface area contributed by atoms with Crippen LogP contribution in [0.4, 0.5) is 0 Å². The van der Waals surface area contributed by atoms with Gasteiger partial charge in [0.25, 0.3) is 0 Å². The molecule has 0 bridgehead atoms. The van der Waals surface area contributed by atoms with E-state index in [2.05, 4.69) is 4.98 Å². The number of nitrogens with zero attached hydrogens (tertiary/aromatic N) is 1. The van der Waals surface area contributed by atoms with E-state index in [-0.39, 0.29) is 0 Å². The maximum Gasteiger partial charge on any atom is 0.143 e. The highest BCUT2D eigenvalue weighted by Crippen LogP contribution is 2.33. The van der Waals surface area contributed by atoms with Gasteiger partial charge < -0.3 is 9.84 Å². The fourth-order valence-corrected chi connectivity index (χ4v) is 2.04. The third kappa shape index (κ3) is 2.33. The van der Waals surface area contributed by atoms with Gasteiger partial charge in [-0.05, 0) is 24.6 Å². The lowest BCUT2D eigenvalue weighted by atomic mass is 10.0. The minimum atomic E-state index is -0.895. The van der Waals surface area contributed by atoms with Gasteiger partial charge in [0.05, 0.1) is 7.11 Å². The predicted octanol–water partition coefficient (Wildman–Crippen LogP) is 3.13. The molecule has 0 aliphatic rings. The van der Waals surface area contributed by atoms with E-state index in [4.69, 9.17) is 16.3 Å². The molecule has 0 saturated carbocycles. The second-order valence-corrected chi connectivity index (χ2v) is 4.35. The van der Waals surface area contributed by atoms with E-state index in [0.29, 0.717) is 22.0 Å². The van der Waals surface area contributed by atoms with E-state index in [0.717, 1.165) is 5.56 Å². The molecule has 0 radical (unpaired) electrons. The smallest absolute Gasteiger partial charge is 0.143 e. The Labute approximate surface area is 111 Å². The van der Waals surface area contributed by atoms with Crippen molar-refractivity contribution in [3.05, 3.63) is 58.4 Å². The summed E-state index contributed by atoms with van der Waals surface area (Å²) in [5.41, 5.74) is 2.02. The highest BCUT2D eigenvalue weighted by molar-refractivity contribution is 6.32. The number of benzene rings is 1. The molecule has 0 saturated heterocycles. The number of aliphatic hydroxyl groups excluding tert-OH is 1. The number of methoxy groups -OCH3 is 1. The number of hydrogen-bond acceptors (Lipinski definition) is 3. The van der Waals surface area contributed by atoms with Crippen LogP contribution in [0.1, 0.15) is 22.9 Å². The summed E-state index contributed by atoms with van der Waals surface area (Å²) in [6.07, 6.45) is 0.721. The van der Waals surface area contributed by atoms with Gasteiger partial charge in [-0.2, -0.15) is 0 Å². The van der Waals surface area contributed by atoms with Crippen LogP contribution in [0, 0.1) is 6.92 Å². The quantitative estimate of drug-likeness (QED) is 0.925. The minimum Gasteiger partial charge on any atom is -0.495 e. The average molecular weight is 264 g/mol. The summed E-state index contributed by atoms with van der Waals surface area (Å²) in [5.74, 6) is 0.544. The molecule has 3 nitrogen and oxygen atoms in total. The van der Waals surface area contributed by atoms with Crippen molar-refractivity contribution in [2.75, 3.05) is 7.11 Å². The molecule has 4 heteroatoms. The van der Waals surface area contributed by atoms with E-state index in [1.165, 1.54) is 0 Å². The molecule has 0 fully saturated rings. The van der Waals surface area contributed by atoms with Crippen LogP contribution in [0.15, 0.2) is 36.5 Å². The number of aliphatic hydroxyl groups is 1. The Morgan fingerprint density at radius 2 is 2.06 bits per heavy atom. The Morgan fingerprint density at radius 1 is 1.28 bits per heavy atom. The van der Waals surface area contributed by atoms with Crippen LogP contribution < -0.4 is 4.74 Å². The molecule has 2 aromatic rings. The first kappa shape index (κ1) is 12.9. The molecular formula is C14H14ClNO2. The maximum absolute atomic E-state index is 10.4. The van der Waals surface area contributed by atoms with Crippen molar-refractivity contribution < 1.29 is 9.84 Å². The molecular weight excluding hydrogens is 250 g/mol. The van der Waals surface area contributed by atoms with Gasteiger partial charge >= 0.3 is 0 Å². The maximum atomic E-state index is 10.4. The standard InChI is InChI=1S/C14H14ClNO2/c1-9-5-3-6-10(12(9)15)14(17)13-11(18-2)7-4-8-16-13/h3-8,14,17H,1-2H3. The van der Waals surface area contributed by atoms with Crippen molar-refractivity contribution in [2.24, 2.45) is 0 Å². The summed E-state index contributed by atoms with van der Waals surface area (Å²) in [4.78, 5) is 4.16. The lowest BCUT2D eigenvalue weighted by molar-refractivity contribution is 0.209. The fourth-order valence-electron chi connectivity index (χ4n) is 1.81. The van der Waals surface area contributed by atoms with E-state index >= 15 is 0 Å². The Hall–Kier alpha value is -1.58. The summed E-state index contributed by atoms with van der Waals surface area (Å²) in [5, 5.41) is 10.9. The van der Waals surface area contributed by atoms with Gasteiger partial charge in [0, 0.05) is 16.8 Å². The zero-order chi connectivity index (χ0) is 13.1. The number of halogens is 1. The van der Waals surface area contributed by atoms with Crippen LogP contribution in [0.25, 0.3) is 0 Å². The number of aryl methyl sites for hydroxylation is 1. The molecule has 0 aliphatic heterocycles. The monoisotopic (exact) mass is 263 g/mol. The SMILES string of the molecule is COc1cccnc1C(O)c1cccc(C)c1Cl. The number of pyridine rings is 1. The van der Waals surface area contributed by atoms with Crippen LogP contribution >= 0.6 is 11.6 Å². The summed E-state index contributed by atoms with van der Waals surface area (Å²) < 4.78 is 5.19. The molecule has 18 heavy (non-hydrogen) atoms. The van der Waals surface area contributed by atoms with Gasteiger partial charge in [0.1, 0.15) is 17.5 Å². The molecule has 1 aromatic carbocycles. The second kappa shape index (κ2) is 5.38. The van der Waals surface area contributed by atoms with Gasteiger partial charge in [-0.25, -0.2) is 0 Å². The predicted molar refractivity (Wildman–Crippen MR) is 71.0 cm³/mol. The highest BCUT2D eigenvalue weighted by atomic mass is 35.5. The van der Waals surface area contributed by atoms with Gasteiger partial charge in [-0.1, -0.05) is 29.8 Å². The number of aromatic nitrogens is 1. The van der Waals surface area contributed by atoms with Crippen LogP contribution in [-0.4, -0.2) is 17.2 Å². The Kier molecular flexibility index (Phi) is 3.84. The Bertz CT molecular complexity index is 557. The Morgan fingerprint density at radius 3 is 2.78 bits per heavy atom. The van der Waals surface area contributed by atoms with Crippen LogP contribution in [-0.2, 0) is 0 Å². The molecule has 0 aliphatic carbocycles. The zero-order valence-electron chi connectivity index (χ0n) is 10.2. The largest absolute Gasteiger partial charge is 0.495 e. The van der Waals surface area contributed by atoms with Gasteiger partial charge in [-0.15, -0.1) is 0 Å². The molecule has 1 atom stereocenters.